The van der Waals surface area contributed by atoms with Crippen molar-refractivity contribution in [2.75, 3.05) is 0 Å². The van der Waals surface area contributed by atoms with Crippen molar-refractivity contribution < 1.29 is 15.0 Å². The number of carbonyl (C=O) groups excluding carboxylic acids is 1. The Labute approximate surface area is 110 Å². The number of nitrogens with two attached hydrogens (primary N) is 1. The molecule has 3 rings (SSSR count). The van der Waals surface area contributed by atoms with Crippen LogP contribution in [0.5, 0.6) is 0 Å². The first-order chi connectivity index (χ1) is 9.09. The second kappa shape index (κ2) is 4.33. The molecule has 0 aliphatic heterocycles. The molecule has 1 aliphatic rings. The maximum absolute atomic E-state index is 11.0. The summed E-state index contributed by atoms with van der Waals surface area (Å²) in [4.78, 5) is 11.0. The van der Waals surface area contributed by atoms with Gasteiger partial charge in [-0.3, -0.25) is 4.79 Å². The van der Waals surface area contributed by atoms with Gasteiger partial charge in [0.05, 0.1) is 0 Å². The zero-order valence-electron chi connectivity index (χ0n) is 10.3. The Morgan fingerprint density at radius 3 is 2.47 bits per heavy atom. The highest BCUT2D eigenvalue weighted by atomic mass is 16.3. The van der Waals surface area contributed by atoms with Crippen molar-refractivity contribution in [3.05, 3.63) is 47.0 Å². The number of carbonyl (C=O) groups is 1. The van der Waals surface area contributed by atoms with Gasteiger partial charge in [0.25, 0.3) is 0 Å². The monoisotopic (exact) mass is 257 g/mol. The van der Waals surface area contributed by atoms with Gasteiger partial charge < -0.3 is 15.9 Å². The zero-order valence-corrected chi connectivity index (χ0v) is 10.3. The molecule has 2 aromatic rings. The van der Waals surface area contributed by atoms with E-state index in [1.54, 1.807) is 6.07 Å². The molecular formula is C15H15NO3. The molecule has 98 valence electrons. The van der Waals surface area contributed by atoms with Gasteiger partial charge in [0.1, 0.15) is 6.10 Å². The van der Waals surface area contributed by atoms with Gasteiger partial charge in [-0.05, 0) is 40.3 Å². The van der Waals surface area contributed by atoms with Crippen molar-refractivity contribution in [2.45, 2.75) is 25.0 Å². The molecule has 0 bridgehead atoms. The van der Waals surface area contributed by atoms with E-state index in [0.717, 1.165) is 23.6 Å². The number of amides is 1. The Hall–Kier alpha value is -1.91. The van der Waals surface area contributed by atoms with Crippen LogP contribution in [-0.4, -0.2) is 22.2 Å². The maximum Gasteiger partial charge on any atom is 0.249 e. The van der Waals surface area contributed by atoms with Crippen molar-refractivity contribution in [1.29, 1.82) is 0 Å². The number of hydrogen-bond acceptors (Lipinski definition) is 3. The molecule has 4 heteroatoms. The summed E-state index contributed by atoms with van der Waals surface area (Å²) in [5.74, 6) is -0.921. The molecule has 2 atom stereocenters. The summed E-state index contributed by atoms with van der Waals surface area (Å²) in [6, 6.07) is 9.62. The number of hydrogen-bond donors (Lipinski definition) is 3. The molecule has 4 N–H and O–H groups in total. The number of rotatable bonds is 3. The highest BCUT2D eigenvalue weighted by Crippen LogP contribution is 2.35. The smallest absolute Gasteiger partial charge is 0.249 e. The van der Waals surface area contributed by atoms with Crippen LogP contribution in [0.3, 0.4) is 0 Å². The lowest BCUT2D eigenvalue weighted by Gasteiger charge is -2.18. The first-order valence-corrected chi connectivity index (χ1v) is 6.28. The standard InChI is InChI=1S/C15H15NO3/c16-15(19)14(18)13(17)11-7-6-9-5-4-8-2-1-3-10(11)12(8)9/h1-3,6-7,13-14,17-18H,4-5H2,(H2,16,19). The summed E-state index contributed by atoms with van der Waals surface area (Å²) in [6.07, 6.45) is -0.893. The van der Waals surface area contributed by atoms with Crippen molar-refractivity contribution in [1.82, 2.24) is 0 Å². The van der Waals surface area contributed by atoms with E-state index in [-0.39, 0.29) is 0 Å². The molecule has 1 amide bonds. The molecule has 0 heterocycles. The molecule has 1 aliphatic carbocycles. The third kappa shape index (κ3) is 1.80. The van der Waals surface area contributed by atoms with Gasteiger partial charge >= 0.3 is 0 Å². The molecule has 4 nitrogen and oxygen atoms in total. The van der Waals surface area contributed by atoms with Gasteiger partial charge in [0.15, 0.2) is 6.10 Å². The van der Waals surface area contributed by atoms with E-state index in [1.165, 1.54) is 11.1 Å². The molecule has 0 radical (unpaired) electrons. The van der Waals surface area contributed by atoms with E-state index < -0.39 is 18.1 Å². The van der Waals surface area contributed by atoms with Crippen LogP contribution in [-0.2, 0) is 17.6 Å². The van der Waals surface area contributed by atoms with Crippen molar-refractivity contribution in [3.63, 3.8) is 0 Å². The van der Waals surface area contributed by atoms with Crippen LogP contribution < -0.4 is 5.73 Å². The van der Waals surface area contributed by atoms with E-state index in [2.05, 4.69) is 6.07 Å². The van der Waals surface area contributed by atoms with Gasteiger partial charge in [-0.15, -0.1) is 0 Å². The highest BCUT2D eigenvalue weighted by Gasteiger charge is 2.26. The third-order valence-electron chi connectivity index (χ3n) is 3.82. The van der Waals surface area contributed by atoms with E-state index >= 15 is 0 Å². The fourth-order valence-electron chi connectivity index (χ4n) is 2.85. The second-order valence-corrected chi connectivity index (χ2v) is 4.95. The van der Waals surface area contributed by atoms with E-state index in [0.29, 0.717) is 5.56 Å². The van der Waals surface area contributed by atoms with Gasteiger partial charge in [-0.1, -0.05) is 30.3 Å². The Balaban J connectivity index is 2.18. The molecule has 0 fully saturated rings. The SMILES string of the molecule is NC(=O)C(O)C(O)c1ccc2c3c(cccc13)CC2. The predicted molar refractivity (Wildman–Crippen MR) is 71.5 cm³/mol. The van der Waals surface area contributed by atoms with Crippen LogP contribution in [0.2, 0.25) is 0 Å². The van der Waals surface area contributed by atoms with Gasteiger partial charge in [0.2, 0.25) is 5.91 Å². The van der Waals surface area contributed by atoms with Gasteiger partial charge in [0, 0.05) is 0 Å². The fraction of sp³-hybridized carbons (Fsp3) is 0.267. The Morgan fingerprint density at radius 2 is 1.79 bits per heavy atom. The van der Waals surface area contributed by atoms with Gasteiger partial charge in [-0.2, -0.15) is 0 Å². The van der Waals surface area contributed by atoms with Crippen LogP contribution in [0, 0.1) is 0 Å². The average molecular weight is 257 g/mol. The first kappa shape index (κ1) is 12.1. The molecule has 2 aromatic carbocycles. The molecule has 2 unspecified atom stereocenters. The summed E-state index contributed by atoms with van der Waals surface area (Å²) < 4.78 is 0. The van der Waals surface area contributed by atoms with E-state index in [4.69, 9.17) is 5.73 Å². The van der Waals surface area contributed by atoms with Crippen molar-refractivity contribution in [2.24, 2.45) is 5.73 Å². The summed E-state index contributed by atoms with van der Waals surface area (Å²) >= 11 is 0. The fourth-order valence-corrected chi connectivity index (χ4v) is 2.85. The zero-order chi connectivity index (χ0) is 13.6. The number of aliphatic hydroxyl groups excluding tert-OH is 2. The minimum atomic E-state index is -1.58. The molecular weight excluding hydrogens is 242 g/mol. The second-order valence-electron chi connectivity index (χ2n) is 4.95. The first-order valence-electron chi connectivity index (χ1n) is 6.28. The quantitative estimate of drug-likeness (QED) is 0.761. The number of aryl methyl sites for hydroxylation is 2. The summed E-state index contributed by atoms with van der Waals surface area (Å²) in [7, 11) is 0. The van der Waals surface area contributed by atoms with Crippen LogP contribution in [0.25, 0.3) is 10.8 Å². The minimum absolute atomic E-state index is 0.550. The lowest BCUT2D eigenvalue weighted by atomic mass is 9.94. The van der Waals surface area contributed by atoms with Crippen molar-refractivity contribution >= 4 is 16.7 Å². The van der Waals surface area contributed by atoms with Gasteiger partial charge in [-0.25, -0.2) is 0 Å². The van der Waals surface area contributed by atoms with Crippen molar-refractivity contribution in [3.8, 4) is 0 Å². The molecule has 0 saturated carbocycles. The Kier molecular flexibility index (Phi) is 2.77. The molecule has 0 spiro atoms. The molecule has 0 saturated heterocycles. The summed E-state index contributed by atoms with van der Waals surface area (Å²) in [5.41, 5.74) is 8.08. The average Bonchev–Trinajstić information content (AvgIpc) is 2.83. The lowest BCUT2D eigenvalue weighted by Crippen LogP contribution is -2.33. The summed E-state index contributed by atoms with van der Waals surface area (Å²) in [6.45, 7) is 0. The van der Waals surface area contributed by atoms with Crippen LogP contribution in [0.4, 0.5) is 0 Å². The highest BCUT2D eigenvalue weighted by molar-refractivity contribution is 5.94. The summed E-state index contributed by atoms with van der Waals surface area (Å²) in [5, 5.41) is 21.8. The third-order valence-corrected chi connectivity index (χ3v) is 3.82. The minimum Gasteiger partial charge on any atom is -0.385 e. The number of primary amides is 1. The molecule has 0 aromatic heterocycles. The maximum atomic E-state index is 11.0. The Bertz CT molecular complexity index is 655. The van der Waals surface area contributed by atoms with Crippen LogP contribution >= 0.6 is 0 Å². The lowest BCUT2D eigenvalue weighted by molar-refractivity contribution is -0.131. The molecule has 19 heavy (non-hydrogen) atoms. The van der Waals surface area contributed by atoms with Crippen LogP contribution in [0.1, 0.15) is 22.8 Å². The number of benzene rings is 2. The normalized spacial score (nSPS) is 16.5. The largest absolute Gasteiger partial charge is 0.385 e. The Morgan fingerprint density at radius 1 is 1.11 bits per heavy atom. The van der Waals surface area contributed by atoms with Crippen LogP contribution in [0.15, 0.2) is 30.3 Å². The number of aliphatic hydroxyl groups is 2. The van der Waals surface area contributed by atoms with E-state index in [1.807, 2.05) is 18.2 Å². The predicted octanol–water partition coefficient (Wildman–Crippen LogP) is 0.818. The van der Waals surface area contributed by atoms with E-state index in [9.17, 15) is 15.0 Å². The topological polar surface area (TPSA) is 83.6 Å².